The lowest BCUT2D eigenvalue weighted by Crippen LogP contribution is -2.28. The van der Waals surface area contributed by atoms with Crippen LogP contribution in [0.1, 0.15) is 22.3 Å². The molecule has 0 saturated carbocycles. The fraction of sp³-hybridized carbons (Fsp3) is 0.0159. The minimum absolute atomic E-state index is 0.549. The van der Waals surface area contributed by atoms with Crippen LogP contribution in [0.3, 0.4) is 0 Å². The van der Waals surface area contributed by atoms with Crippen molar-refractivity contribution in [2.45, 2.75) is 5.41 Å². The molecule has 2 heterocycles. The van der Waals surface area contributed by atoms with Crippen molar-refractivity contribution in [1.29, 1.82) is 0 Å². The summed E-state index contributed by atoms with van der Waals surface area (Å²) in [6, 6.07) is 85.8. The lowest BCUT2D eigenvalue weighted by Gasteiger charge is -2.34. The predicted octanol–water partition coefficient (Wildman–Crippen LogP) is 17.3. The number of benzene rings is 11. The molecule has 0 saturated heterocycles. The van der Waals surface area contributed by atoms with Gasteiger partial charge in [-0.2, -0.15) is 0 Å². The van der Waals surface area contributed by atoms with E-state index in [-0.39, 0.29) is 0 Å². The van der Waals surface area contributed by atoms with E-state index in [1.54, 1.807) is 0 Å². The quantitative estimate of drug-likeness (QED) is 0.167. The van der Waals surface area contributed by atoms with Gasteiger partial charge >= 0.3 is 0 Å². The van der Waals surface area contributed by atoms with Crippen molar-refractivity contribution in [3.8, 4) is 22.3 Å². The summed E-state index contributed by atoms with van der Waals surface area (Å²) in [6.45, 7) is 0. The number of para-hydroxylation sites is 1. The molecule has 0 radical (unpaired) electrons. The molecule has 0 spiro atoms. The van der Waals surface area contributed by atoms with E-state index in [2.05, 4.69) is 241 Å². The molecule has 0 amide bonds. The topological polar surface area (TPSA) is 29.5 Å². The van der Waals surface area contributed by atoms with E-state index < -0.39 is 5.41 Å². The van der Waals surface area contributed by atoms with Gasteiger partial charge in [0.2, 0.25) is 0 Å². The van der Waals surface area contributed by atoms with Crippen molar-refractivity contribution >= 4 is 82.5 Å². The summed E-state index contributed by atoms with van der Waals surface area (Å²) in [5.74, 6) is 0. The largest absolute Gasteiger partial charge is 0.455 e. The molecule has 0 bridgehead atoms. The number of furan rings is 2. The summed E-state index contributed by atoms with van der Waals surface area (Å²) in [5.41, 5.74) is 15.8. The van der Waals surface area contributed by atoms with Crippen LogP contribution in [0.25, 0.3) is 87.7 Å². The van der Waals surface area contributed by atoms with E-state index in [0.717, 1.165) is 88.2 Å². The molecule has 3 nitrogen and oxygen atoms in total. The van der Waals surface area contributed by atoms with Crippen LogP contribution in [-0.2, 0) is 5.41 Å². The number of nitrogens with zero attached hydrogens (tertiary/aromatic N) is 1. The average Bonchev–Trinajstić information content (AvgIpc) is 4.07. The van der Waals surface area contributed by atoms with Crippen molar-refractivity contribution in [3.05, 3.63) is 259 Å². The zero-order valence-electron chi connectivity index (χ0n) is 35.8. The van der Waals surface area contributed by atoms with E-state index in [1.807, 2.05) is 0 Å². The first kappa shape index (κ1) is 36.8. The van der Waals surface area contributed by atoms with Crippen LogP contribution in [0.2, 0.25) is 0 Å². The molecule has 0 fully saturated rings. The lowest BCUT2D eigenvalue weighted by atomic mass is 9.68. The third-order valence-electron chi connectivity index (χ3n) is 14.1. The summed E-state index contributed by atoms with van der Waals surface area (Å²) in [5, 5.41) is 8.99. The van der Waals surface area contributed by atoms with Gasteiger partial charge in [-0.05, 0) is 98.2 Å². The molecule has 11 aromatic carbocycles. The van der Waals surface area contributed by atoms with Crippen molar-refractivity contribution in [2.24, 2.45) is 0 Å². The normalized spacial score (nSPS) is 13.0. The third-order valence-corrected chi connectivity index (χ3v) is 14.1. The van der Waals surface area contributed by atoms with Gasteiger partial charge in [0.25, 0.3) is 0 Å². The van der Waals surface area contributed by atoms with E-state index in [4.69, 9.17) is 8.83 Å². The Labute approximate surface area is 381 Å². The van der Waals surface area contributed by atoms with Crippen molar-refractivity contribution in [1.82, 2.24) is 0 Å². The highest BCUT2D eigenvalue weighted by Gasteiger charge is 2.47. The Bertz CT molecular complexity index is 4010. The number of fused-ring (bicyclic) bond motifs is 13. The molecule has 0 unspecified atom stereocenters. The molecule has 1 aliphatic carbocycles. The third kappa shape index (κ3) is 5.20. The van der Waals surface area contributed by atoms with Crippen LogP contribution in [0.15, 0.2) is 245 Å². The van der Waals surface area contributed by atoms with E-state index in [1.165, 1.54) is 38.8 Å². The second-order valence-electron chi connectivity index (χ2n) is 17.5. The van der Waals surface area contributed by atoms with Gasteiger partial charge in [-0.1, -0.05) is 188 Å². The summed E-state index contributed by atoms with van der Waals surface area (Å²) < 4.78 is 13.6. The molecule has 0 aliphatic heterocycles. The van der Waals surface area contributed by atoms with Crippen LogP contribution >= 0.6 is 0 Å². The first-order valence-corrected chi connectivity index (χ1v) is 22.7. The highest BCUT2D eigenvalue weighted by atomic mass is 16.3. The van der Waals surface area contributed by atoms with Crippen molar-refractivity contribution in [3.63, 3.8) is 0 Å². The number of hydrogen-bond acceptors (Lipinski definition) is 3. The maximum atomic E-state index is 7.13. The first-order valence-electron chi connectivity index (χ1n) is 22.7. The zero-order chi connectivity index (χ0) is 43.3. The summed E-state index contributed by atoms with van der Waals surface area (Å²) in [6.07, 6.45) is 0. The average molecular weight is 842 g/mol. The molecule has 0 N–H and O–H groups in total. The van der Waals surface area contributed by atoms with Crippen LogP contribution in [0, 0.1) is 0 Å². The smallest absolute Gasteiger partial charge is 0.159 e. The Morgan fingerprint density at radius 1 is 0.333 bits per heavy atom. The molecule has 308 valence electrons. The Balaban J connectivity index is 1.01. The Kier molecular flexibility index (Phi) is 7.90. The maximum absolute atomic E-state index is 7.13. The van der Waals surface area contributed by atoms with E-state index in [9.17, 15) is 0 Å². The second-order valence-corrected chi connectivity index (χ2v) is 17.5. The minimum Gasteiger partial charge on any atom is -0.455 e. The van der Waals surface area contributed by atoms with Gasteiger partial charge in [-0.25, -0.2) is 0 Å². The van der Waals surface area contributed by atoms with Crippen LogP contribution < -0.4 is 4.90 Å². The van der Waals surface area contributed by atoms with Gasteiger partial charge < -0.3 is 13.7 Å². The molecule has 0 atom stereocenters. The van der Waals surface area contributed by atoms with Gasteiger partial charge in [0, 0.05) is 43.6 Å². The highest BCUT2D eigenvalue weighted by molar-refractivity contribution is 6.18. The molecule has 66 heavy (non-hydrogen) atoms. The van der Waals surface area contributed by atoms with Gasteiger partial charge in [0.1, 0.15) is 16.7 Å². The van der Waals surface area contributed by atoms with Crippen LogP contribution in [0.5, 0.6) is 0 Å². The predicted molar refractivity (Wildman–Crippen MR) is 273 cm³/mol. The monoisotopic (exact) mass is 841 g/mol. The van der Waals surface area contributed by atoms with Gasteiger partial charge in [0.05, 0.1) is 16.8 Å². The first-order chi connectivity index (χ1) is 32.7. The molecule has 13 aromatic rings. The second kappa shape index (κ2) is 14.2. The minimum atomic E-state index is -0.549. The summed E-state index contributed by atoms with van der Waals surface area (Å²) in [4.78, 5) is 2.43. The van der Waals surface area contributed by atoms with E-state index in [0.29, 0.717) is 0 Å². The highest BCUT2D eigenvalue weighted by Crippen LogP contribution is 2.60. The Morgan fingerprint density at radius 3 is 1.61 bits per heavy atom. The van der Waals surface area contributed by atoms with E-state index >= 15 is 0 Å². The maximum Gasteiger partial charge on any atom is 0.159 e. The zero-order valence-corrected chi connectivity index (χ0v) is 35.8. The number of hydrogen-bond donors (Lipinski definition) is 0. The molecular formula is C63H39NO2. The summed E-state index contributed by atoms with van der Waals surface area (Å²) >= 11 is 0. The van der Waals surface area contributed by atoms with Gasteiger partial charge in [-0.3, -0.25) is 0 Å². The molecule has 2 aromatic heterocycles. The fourth-order valence-corrected chi connectivity index (χ4v) is 11.2. The standard InChI is InChI=1S/C63H39NO2/c1-3-17-44(18-4-1)63(45-19-5-2-6-20-45)54-25-12-11-23-52(54)59-55(63)26-14-27-56(59)64(57-28-13-24-49-50-36-31-42-16-8-10-22-48(42)61(50)66-62(49)57)46-34-29-40(30-35-46)43-33-38-58-53(39-43)51-37-32-41-15-7-9-21-47(41)60(51)65-58/h1-39H. The van der Waals surface area contributed by atoms with Crippen molar-refractivity contribution < 1.29 is 8.83 Å². The molecule has 1 aliphatic rings. The fourth-order valence-electron chi connectivity index (χ4n) is 11.2. The lowest BCUT2D eigenvalue weighted by molar-refractivity contribution is 0.672. The Hall–Kier alpha value is -8.66. The molecule has 3 heteroatoms. The number of rotatable bonds is 6. The van der Waals surface area contributed by atoms with Crippen LogP contribution in [-0.4, -0.2) is 0 Å². The van der Waals surface area contributed by atoms with Crippen molar-refractivity contribution in [2.75, 3.05) is 4.90 Å². The molecular weight excluding hydrogens is 803 g/mol. The van der Waals surface area contributed by atoms with Crippen LogP contribution in [0.4, 0.5) is 17.1 Å². The Morgan fingerprint density at radius 2 is 0.879 bits per heavy atom. The number of anilines is 3. The SMILES string of the molecule is c1ccc(C2(c3ccccc3)c3ccccc3-c3c(N(c4ccc(-c5ccc6oc7c8ccccc8ccc7c6c5)cc4)c4cccc5c4oc4c6ccccc6ccc54)cccc32)cc1. The molecule has 14 rings (SSSR count). The van der Waals surface area contributed by atoms with Gasteiger partial charge in [-0.15, -0.1) is 0 Å². The van der Waals surface area contributed by atoms with Gasteiger partial charge in [0.15, 0.2) is 5.58 Å². The summed E-state index contributed by atoms with van der Waals surface area (Å²) in [7, 11) is 0.